The first-order valence-electron chi connectivity index (χ1n) is 6.20. The third kappa shape index (κ3) is 2.36. The summed E-state index contributed by atoms with van der Waals surface area (Å²) in [5.41, 5.74) is 5.32. The van der Waals surface area contributed by atoms with Gasteiger partial charge in [0.15, 0.2) is 0 Å². The number of likely N-dealkylation sites (tertiary alicyclic amines) is 1. The van der Waals surface area contributed by atoms with E-state index in [0.717, 1.165) is 18.9 Å². The highest BCUT2D eigenvalue weighted by Crippen LogP contribution is 2.38. The molecule has 4 nitrogen and oxygen atoms in total. The summed E-state index contributed by atoms with van der Waals surface area (Å²) < 4.78 is 0. The van der Waals surface area contributed by atoms with Gasteiger partial charge in [0.25, 0.3) is 0 Å². The second-order valence-corrected chi connectivity index (χ2v) is 5.12. The largest absolute Gasteiger partial charge is 0.368 e. The Labute approximate surface area is 96.2 Å². The highest BCUT2D eigenvalue weighted by Gasteiger charge is 2.38. The number of nitrogens with zero attached hydrogens (tertiary/aromatic N) is 1. The fourth-order valence-corrected chi connectivity index (χ4v) is 2.67. The van der Waals surface area contributed by atoms with Crippen molar-refractivity contribution in [1.82, 2.24) is 4.90 Å². The first-order valence-corrected chi connectivity index (χ1v) is 6.20. The van der Waals surface area contributed by atoms with E-state index in [9.17, 15) is 9.59 Å². The highest BCUT2D eigenvalue weighted by molar-refractivity contribution is 5.87. The number of hydrogen-bond acceptors (Lipinski definition) is 2. The van der Waals surface area contributed by atoms with Crippen LogP contribution in [0.1, 0.15) is 39.0 Å². The molecule has 1 heterocycles. The van der Waals surface area contributed by atoms with Gasteiger partial charge in [0, 0.05) is 13.0 Å². The Balaban J connectivity index is 1.94. The number of carbonyl (C=O) groups is 2. The van der Waals surface area contributed by atoms with Crippen molar-refractivity contribution in [2.75, 3.05) is 6.54 Å². The first kappa shape index (κ1) is 11.4. The maximum absolute atomic E-state index is 11.8. The van der Waals surface area contributed by atoms with Gasteiger partial charge < -0.3 is 10.6 Å². The predicted octanol–water partition coefficient (Wildman–Crippen LogP) is 0.899. The average molecular weight is 224 g/mol. The Kier molecular flexibility index (Phi) is 3.17. The second-order valence-electron chi connectivity index (χ2n) is 5.12. The van der Waals surface area contributed by atoms with Crippen molar-refractivity contribution in [3.05, 3.63) is 0 Å². The zero-order chi connectivity index (χ0) is 11.7. The van der Waals surface area contributed by atoms with Crippen LogP contribution in [0, 0.1) is 11.8 Å². The van der Waals surface area contributed by atoms with Gasteiger partial charge in [0.2, 0.25) is 11.8 Å². The van der Waals surface area contributed by atoms with Crippen molar-refractivity contribution in [3.8, 4) is 0 Å². The fraction of sp³-hybridized carbons (Fsp3) is 0.833. The molecule has 16 heavy (non-hydrogen) atoms. The summed E-state index contributed by atoms with van der Waals surface area (Å²) in [5, 5.41) is 0. The normalized spacial score (nSPS) is 27.2. The minimum absolute atomic E-state index is 0.108. The number of primary amides is 1. The second kappa shape index (κ2) is 4.44. The number of rotatable bonds is 5. The zero-order valence-corrected chi connectivity index (χ0v) is 9.82. The molecule has 0 spiro atoms. The van der Waals surface area contributed by atoms with E-state index in [1.165, 1.54) is 12.8 Å². The third-order valence-corrected chi connectivity index (χ3v) is 3.69. The topological polar surface area (TPSA) is 63.4 Å². The standard InChI is InChI=1S/C12H20N2O2/c1-2-10(12(13)16)14-7-9(6-11(14)15)5-8-3-4-8/h8-10H,2-7H2,1H3,(H2,13,16)/t9?,10-/m0/s1. The summed E-state index contributed by atoms with van der Waals surface area (Å²) in [6.07, 6.45) is 5.02. The average Bonchev–Trinajstić information content (AvgIpc) is 2.93. The van der Waals surface area contributed by atoms with Crippen molar-refractivity contribution in [2.24, 2.45) is 17.6 Å². The van der Waals surface area contributed by atoms with Gasteiger partial charge in [-0.15, -0.1) is 0 Å². The van der Waals surface area contributed by atoms with E-state index >= 15 is 0 Å². The van der Waals surface area contributed by atoms with Gasteiger partial charge in [-0.1, -0.05) is 19.8 Å². The van der Waals surface area contributed by atoms with E-state index in [2.05, 4.69) is 0 Å². The molecule has 0 radical (unpaired) electrons. The van der Waals surface area contributed by atoms with Gasteiger partial charge in [-0.25, -0.2) is 0 Å². The van der Waals surface area contributed by atoms with Gasteiger partial charge in [-0.3, -0.25) is 9.59 Å². The molecule has 2 N–H and O–H groups in total. The van der Waals surface area contributed by atoms with Crippen molar-refractivity contribution < 1.29 is 9.59 Å². The Morgan fingerprint density at radius 3 is 2.69 bits per heavy atom. The predicted molar refractivity (Wildman–Crippen MR) is 60.4 cm³/mol. The Hall–Kier alpha value is -1.06. The highest BCUT2D eigenvalue weighted by atomic mass is 16.2. The van der Waals surface area contributed by atoms with E-state index < -0.39 is 6.04 Å². The van der Waals surface area contributed by atoms with Crippen molar-refractivity contribution in [1.29, 1.82) is 0 Å². The van der Waals surface area contributed by atoms with Crippen LogP contribution in [0.2, 0.25) is 0 Å². The minimum Gasteiger partial charge on any atom is -0.368 e. The molecule has 1 saturated heterocycles. The maximum atomic E-state index is 11.8. The summed E-state index contributed by atoms with van der Waals surface area (Å²) in [7, 11) is 0. The Morgan fingerprint density at radius 1 is 1.50 bits per heavy atom. The van der Waals surface area contributed by atoms with Crippen LogP contribution in [-0.4, -0.2) is 29.3 Å². The molecule has 0 aromatic heterocycles. The minimum atomic E-state index is -0.392. The summed E-state index contributed by atoms with van der Waals surface area (Å²) in [6.45, 7) is 2.63. The lowest BCUT2D eigenvalue weighted by molar-refractivity contribution is -0.136. The van der Waals surface area contributed by atoms with Crippen LogP contribution in [0.4, 0.5) is 0 Å². The summed E-state index contributed by atoms with van der Waals surface area (Å²) in [5.74, 6) is 1.03. The van der Waals surface area contributed by atoms with Gasteiger partial charge >= 0.3 is 0 Å². The molecule has 1 aliphatic carbocycles. The molecule has 1 unspecified atom stereocenters. The summed E-state index contributed by atoms with van der Waals surface area (Å²) in [4.78, 5) is 24.7. The van der Waals surface area contributed by atoms with Crippen molar-refractivity contribution in [2.45, 2.75) is 45.1 Å². The molecular weight excluding hydrogens is 204 g/mol. The first-order chi connectivity index (χ1) is 7.61. The summed E-state index contributed by atoms with van der Waals surface area (Å²) >= 11 is 0. The van der Waals surface area contributed by atoms with E-state index in [4.69, 9.17) is 5.73 Å². The number of carbonyl (C=O) groups excluding carboxylic acids is 2. The fourth-order valence-electron chi connectivity index (χ4n) is 2.67. The molecule has 4 heteroatoms. The molecule has 2 fully saturated rings. The monoisotopic (exact) mass is 224 g/mol. The molecule has 0 aromatic rings. The van der Waals surface area contributed by atoms with E-state index in [1.54, 1.807) is 4.90 Å². The van der Waals surface area contributed by atoms with Gasteiger partial charge in [-0.05, 0) is 24.7 Å². The van der Waals surface area contributed by atoms with Crippen LogP contribution < -0.4 is 5.73 Å². The van der Waals surface area contributed by atoms with Crippen LogP contribution in [0.3, 0.4) is 0 Å². The zero-order valence-electron chi connectivity index (χ0n) is 9.82. The molecular formula is C12H20N2O2. The van der Waals surface area contributed by atoms with Crippen LogP contribution in [0.15, 0.2) is 0 Å². The third-order valence-electron chi connectivity index (χ3n) is 3.69. The number of hydrogen-bond donors (Lipinski definition) is 1. The molecule has 90 valence electrons. The lowest BCUT2D eigenvalue weighted by Gasteiger charge is -2.24. The maximum Gasteiger partial charge on any atom is 0.240 e. The van der Waals surface area contributed by atoms with E-state index in [0.29, 0.717) is 18.8 Å². The van der Waals surface area contributed by atoms with Crippen molar-refractivity contribution in [3.63, 3.8) is 0 Å². The van der Waals surface area contributed by atoms with Gasteiger partial charge in [0.1, 0.15) is 6.04 Å². The lowest BCUT2D eigenvalue weighted by atomic mass is 10.0. The quantitative estimate of drug-likeness (QED) is 0.754. The Morgan fingerprint density at radius 2 is 2.19 bits per heavy atom. The number of nitrogens with two attached hydrogens (primary N) is 1. The molecule has 2 amide bonds. The lowest BCUT2D eigenvalue weighted by Crippen LogP contribution is -2.45. The molecule has 0 aromatic carbocycles. The SMILES string of the molecule is CC[C@@H](C(N)=O)N1CC(CC2CC2)CC1=O. The van der Waals surface area contributed by atoms with Crippen molar-refractivity contribution >= 4 is 11.8 Å². The van der Waals surface area contributed by atoms with Crippen LogP contribution in [-0.2, 0) is 9.59 Å². The van der Waals surface area contributed by atoms with Crippen LogP contribution >= 0.6 is 0 Å². The Bertz CT molecular complexity index is 299. The van der Waals surface area contributed by atoms with Crippen LogP contribution in [0.25, 0.3) is 0 Å². The molecule has 0 bridgehead atoms. The molecule has 1 aliphatic heterocycles. The smallest absolute Gasteiger partial charge is 0.240 e. The summed E-state index contributed by atoms with van der Waals surface area (Å²) in [6, 6.07) is -0.392. The molecule has 2 aliphatic rings. The van der Waals surface area contributed by atoms with Crippen LogP contribution in [0.5, 0.6) is 0 Å². The number of amides is 2. The molecule has 2 atom stereocenters. The van der Waals surface area contributed by atoms with Gasteiger partial charge in [0.05, 0.1) is 0 Å². The van der Waals surface area contributed by atoms with E-state index in [1.807, 2.05) is 6.92 Å². The molecule has 2 rings (SSSR count). The molecule has 1 saturated carbocycles. The van der Waals surface area contributed by atoms with Gasteiger partial charge in [-0.2, -0.15) is 0 Å². The van der Waals surface area contributed by atoms with E-state index in [-0.39, 0.29) is 11.8 Å².